The van der Waals surface area contributed by atoms with Gasteiger partial charge in [-0.3, -0.25) is 4.79 Å². The number of hydrogen-bond acceptors (Lipinski definition) is 6. The highest BCUT2D eigenvalue weighted by Crippen LogP contribution is 2.41. The molecule has 2 aliphatic heterocycles. The van der Waals surface area contributed by atoms with Crippen LogP contribution < -0.4 is 5.56 Å². The van der Waals surface area contributed by atoms with Crippen LogP contribution in [0.1, 0.15) is 56.4 Å². The lowest BCUT2D eigenvalue weighted by Gasteiger charge is -2.31. The predicted molar refractivity (Wildman–Crippen MR) is 115 cm³/mol. The van der Waals surface area contributed by atoms with Crippen molar-refractivity contribution in [2.24, 2.45) is 0 Å². The Balaban J connectivity index is 1.83. The van der Waals surface area contributed by atoms with Crippen molar-refractivity contribution in [3.63, 3.8) is 0 Å². The summed E-state index contributed by atoms with van der Waals surface area (Å²) in [5, 5.41) is 22.1. The van der Waals surface area contributed by atoms with E-state index >= 15 is 0 Å². The van der Waals surface area contributed by atoms with Crippen LogP contribution >= 0.6 is 0 Å². The number of carbonyl (C=O) groups excluding carboxylic acids is 1. The molecule has 160 valence electrons. The molecule has 0 saturated carbocycles. The minimum Gasteiger partial charge on any atom is -0.507 e. The topological polar surface area (TPSA) is 102 Å². The first-order valence-electron chi connectivity index (χ1n) is 10.4. The smallest absolute Gasteiger partial charge is 0.343 e. The number of aromatic nitrogens is 2. The van der Waals surface area contributed by atoms with Crippen LogP contribution in [-0.2, 0) is 33.7 Å². The van der Waals surface area contributed by atoms with E-state index in [4.69, 9.17) is 9.72 Å². The zero-order chi connectivity index (χ0) is 22.3. The van der Waals surface area contributed by atoms with Crippen molar-refractivity contribution in [1.82, 2.24) is 9.55 Å². The molecule has 1 atom stereocenters. The van der Waals surface area contributed by atoms with Crippen LogP contribution in [0, 0.1) is 0 Å². The minimum absolute atomic E-state index is 0.0990. The van der Waals surface area contributed by atoms with E-state index in [1.54, 1.807) is 23.6 Å². The number of hydrogen-bond donors (Lipinski definition) is 2. The number of aliphatic hydroxyl groups is 1. The quantitative estimate of drug-likeness (QED) is 0.459. The van der Waals surface area contributed by atoms with Crippen LogP contribution in [0.25, 0.3) is 22.3 Å². The molecule has 4 heterocycles. The number of esters is 1. The zero-order valence-corrected chi connectivity index (χ0v) is 17.9. The van der Waals surface area contributed by atoms with E-state index in [1.165, 1.54) is 0 Å². The van der Waals surface area contributed by atoms with Crippen molar-refractivity contribution < 1.29 is 19.7 Å². The first-order valence-corrected chi connectivity index (χ1v) is 10.4. The van der Waals surface area contributed by atoms with Crippen molar-refractivity contribution in [2.75, 3.05) is 0 Å². The first-order chi connectivity index (χ1) is 14.6. The third kappa shape index (κ3) is 2.59. The van der Waals surface area contributed by atoms with E-state index in [0.29, 0.717) is 40.0 Å². The van der Waals surface area contributed by atoms with E-state index < -0.39 is 11.6 Å². The van der Waals surface area contributed by atoms with Gasteiger partial charge < -0.3 is 19.5 Å². The monoisotopic (exact) mass is 420 g/mol. The Hall–Kier alpha value is -3.19. The van der Waals surface area contributed by atoms with E-state index in [9.17, 15) is 19.8 Å². The van der Waals surface area contributed by atoms with Crippen LogP contribution in [0.15, 0.2) is 29.1 Å². The van der Waals surface area contributed by atoms with Gasteiger partial charge in [0.15, 0.2) is 5.60 Å². The molecule has 0 spiro atoms. The molecule has 0 radical (unpaired) electrons. The molecule has 0 fully saturated rings. The Bertz CT molecular complexity index is 1350. The summed E-state index contributed by atoms with van der Waals surface area (Å²) >= 11 is 0. The highest BCUT2D eigenvalue weighted by atomic mass is 16.6. The van der Waals surface area contributed by atoms with Gasteiger partial charge in [-0.1, -0.05) is 33.8 Å². The van der Waals surface area contributed by atoms with Gasteiger partial charge in [0.2, 0.25) is 0 Å². The molecule has 2 aromatic heterocycles. The summed E-state index contributed by atoms with van der Waals surface area (Å²) < 4.78 is 6.71. The maximum Gasteiger partial charge on any atom is 0.343 e. The van der Waals surface area contributed by atoms with Gasteiger partial charge in [0.1, 0.15) is 12.4 Å². The lowest BCUT2D eigenvalue weighted by Crippen LogP contribution is -2.44. The molecule has 5 rings (SSSR count). The van der Waals surface area contributed by atoms with Gasteiger partial charge in [-0.2, -0.15) is 0 Å². The van der Waals surface area contributed by atoms with Gasteiger partial charge >= 0.3 is 5.97 Å². The second-order valence-corrected chi connectivity index (χ2v) is 9.38. The van der Waals surface area contributed by atoms with Gasteiger partial charge in [-0.15, -0.1) is 0 Å². The largest absolute Gasteiger partial charge is 0.507 e. The van der Waals surface area contributed by atoms with Crippen LogP contribution in [0.2, 0.25) is 0 Å². The number of fused-ring (bicyclic) bond motifs is 5. The van der Waals surface area contributed by atoms with Gasteiger partial charge in [0.25, 0.3) is 5.56 Å². The molecule has 7 nitrogen and oxygen atoms in total. The summed E-state index contributed by atoms with van der Waals surface area (Å²) in [4.78, 5) is 30.5. The van der Waals surface area contributed by atoms with Crippen LogP contribution in [0.3, 0.4) is 0 Å². The maximum atomic E-state index is 13.3. The predicted octanol–water partition coefficient (Wildman–Crippen LogP) is 3.08. The molecule has 1 aromatic carbocycles. The van der Waals surface area contributed by atoms with Crippen molar-refractivity contribution in [1.29, 1.82) is 0 Å². The second-order valence-electron chi connectivity index (χ2n) is 9.38. The number of cyclic esters (lactones) is 1. The molecule has 2 N–H and O–H groups in total. The van der Waals surface area contributed by atoms with E-state index in [-0.39, 0.29) is 29.8 Å². The number of rotatable bonds is 1. The number of benzene rings is 1. The summed E-state index contributed by atoms with van der Waals surface area (Å²) in [6, 6.07) is 7.12. The fourth-order valence-electron chi connectivity index (χ4n) is 4.66. The molecule has 0 amide bonds. The Morgan fingerprint density at radius 2 is 1.97 bits per heavy atom. The van der Waals surface area contributed by atoms with Crippen molar-refractivity contribution in [2.45, 2.75) is 58.3 Å². The average molecular weight is 420 g/mol. The van der Waals surface area contributed by atoms with Crippen molar-refractivity contribution in [3.8, 4) is 17.1 Å². The number of ether oxygens (including phenoxy) is 1. The summed E-state index contributed by atoms with van der Waals surface area (Å²) in [6.45, 7) is 8.06. The molecule has 0 bridgehead atoms. The van der Waals surface area contributed by atoms with Crippen LogP contribution in [0.4, 0.5) is 0 Å². The Kier molecular flexibility index (Phi) is 3.93. The number of phenols is 1. The van der Waals surface area contributed by atoms with Gasteiger partial charge in [0, 0.05) is 16.5 Å². The van der Waals surface area contributed by atoms with Crippen molar-refractivity contribution >= 4 is 16.9 Å². The molecule has 0 aliphatic carbocycles. The maximum absolute atomic E-state index is 13.3. The highest BCUT2D eigenvalue weighted by Gasteiger charge is 2.45. The van der Waals surface area contributed by atoms with Crippen LogP contribution in [0.5, 0.6) is 5.75 Å². The Morgan fingerprint density at radius 1 is 1.23 bits per heavy atom. The summed E-state index contributed by atoms with van der Waals surface area (Å²) in [5.74, 6) is -0.600. The molecule has 31 heavy (non-hydrogen) atoms. The third-order valence-electron chi connectivity index (χ3n) is 6.46. The lowest BCUT2D eigenvalue weighted by atomic mass is 9.84. The minimum atomic E-state index is -1.85. The Morgan fingerprint density at radius 3 is 2.65 bits per heavy atom. The molecule has 3 aromatic rings. The fraction of sp³-hybridized carbons (Fsp3) is 0.375. The number of nitrogens with zero attached hydrogens (tertiary/aromatic N) is 2. The number of aromatic hydroxyl groups is 1. The van der Waals surface area contributed by atoms with Crippen LogP contribution in [-0.4, -0.2) is 25.7 Å². The van der Waals surface area contributed by atoms with E-state index in [0.717, 1.165) is 11.1 Å². The highest BCUT2D eigenvalue weighted by molar-refractivity contribution is 5.92. The number of phenolic OH excluding ortho intramolecular Hbond substituents is 1. The molecular formula is C24H24N2O5. The summed E-state index contributed by atoms with van der Waals surface area (Å²) in [5.41, 5.74) is 1.89. The second kappa shape index (κ2) is 6.17. The van der Waals surface area contributed by atoms with Gasteiger partial charge in [-0.05, 0) is 35.6 Å². The van der Waals surface area contributed by atoms with E-state index in [1.807, 2.05) is 12.1 Å². The zero-order valence-electron chi connectivity index (χ0n) is 17.9. The van der Waals surface area contributed by atoms with E-state index in [2.05, 4.69) is 20.8 Å². The first kappa shape index (κ1) is 19.8. The van der Waals surface area contributed by atoms with Gasteiger partial charge in [0.05, 0.1) is 29.0 Å². The normalized spacial score (nSPS) is 19.7. The number of carbonyl (C=O) groups is 1. The van der Waals surface area contributed by atoms with Crippen molar-refractivity contribution in [3.05, 3.63) is 56.9 Å². The lowest BCUT2D eigenvalue weighted by molar-refractivity contribution is -0.172. The number of pyridine rings is 2. The summed E-state index contributed by atoms with van der Waals surface area (Å²) in [7, 11) is 0. The average Bonchev–Trinajstić information content (AvgIpc) is 3.07. The standard InChI is InChI=1S/C24H24N2O5/c1-5-24(30)16-9-17-19-12(10-26(17)21(28)14(16)11-31-22(24)29)8-13-18(27)7-6-15(20(13)25-19)23(2,3)4/h6-9,27,30H,5,10-11H2,1-4H3/t24-/m0/s1. The molecule has 2 aliphatic rings. The Labute approximate surface area is 178 Å². The summed E-state index contributed by atoms with van der Waals surface area (Å²) in [6.07, 6.45) is 0.0990. The molecule has 0 unspecified atom stereocenters. The van der Waals surface area contributed by atoms with Gasteiger partial charge in [-0.25, -0.2) is 9.78 Å². The molecular weight excluding hydrogens is 396 g/mol. The fourth-order valence-corrected chi connectivity index (χ4v) is 4.66. The SMILES string of the molecule is CC[C@@]1(O)C(=O)OCc2c1cc1n(c2=O)Cc2cc3c(O)ccc(C(C)(C)C)c3nc2-1. The molecule has 0 saturated heterocycles. The third-order valence-corrected chi connectivity index (χ3v) is 6.46. The molecule has 7 heteroatoms.